The molecule has 0 radical (unpaired) electrons. The molecule has 0 unspecified atom stereocenters. The summed E-state index contributed by atoms with van der Waals surface area (Å²) in [5.74, 6) is 0. The molecule has 55 heavy (non-hydrogen) atoms. The smallest absolute Gasteiger partial charge is 0.0727 e. The quantitative estimate of drug-likeness (QED) is 0.170. The molecule has 0 heterocycles. The normalized spacial score (nSPS) is 14.2. The third kappa shape index (κ3) is 4.74. The zero-order valence-electron chi connectivity index (χ0n) is 30.4. The Kier molecular flexibility index (Phi) is 7.25. The van der Waals surface area contributed by atoms with Gasteiger partial charge in [0, 0.05) is 33.8 Å². The largest absolute Gasteiger partial charge is 0.314 e. The molecule has 8 aromatic rings. The van der Waals surface area contributed by atoms with Crippen LogP contribution in [0.3, 0.4) is 0 Å². The Labute approximate surface area is 322 Å². The van der Waals surface area contributed by atoms with Gasteiger partial charge in [-0.25, -0.2) is 0 Å². The van der Waals surface area contributed by atoms with E-state index in [1.54, 1.807) is 0 Å². The average molecular weight is 703 g/mol. The fraction of sp³-hybridized carbons (Fsp3) is 0.0566. The van der Waals surface area contributed by atoms with Crippen LogP contribution in [0.25, 0.3) is 33.0 Å². The van der Waals surface area contributed by atoms with Gasteiger partial charge in [-0.15, -0.1) is 0 Å². The van der Waals surface area contributed by atoms with Crippen molar-refractivity contribution < 1.29 is 0 Å². The van der Waals surface area contributed by atoms with Crippen molar-refractivity contribution in [2.45, 2.75) is 18.3 Å². The van der Waals surface area contributed by atoms with Gasteiger partial charge in [0.1, 0.15) is 0 Å². The van der Waals surface area contributed by atoms with E-state index in [2.05, 4.69) is 216 Å². The van der Waals surface area contributed by atoms with E-state index in [-0.39, 0.29) is 0 Å². The average Bonchev–Trinajstić information content (AvgIpc) is 3.72. The maximum Gasteiger partial charge on any atom is 0.0727 e. The molecule has 0 aliphatic heterocycles. The summed E-state index contributed by atoms with van der Waals surface area (Å²) >= 11 is 0. The number of allylic oxidation sites excluding steroid dienone is 4. The Bertz CT molecular complexity index is 2780. The second kappa shape index (κ2) is 12.6. The number of rotatable bonds is 6. The van der Waals surface area contributed by atoms with Crippen molar-refractivity contribution in [3.63, 3.8) is 0 Å². The summed E-state index contributed by atoms with van der Waals surface area (Å²) < 4.78 is 0. The molecule has 8 aromatic carbocycles. The number of hydrogen-bond donors (Lipinski definition) is 0. The van der Waals surface area contributed by atoms with E-state index in [4.69, 9.17) is 0 Å². The standard InChI is InChI=1S/C53H38N2/c1-4-19-38(20-5-1)54(39-21-6-2-7-22-39)41-31-33-46-47-34-32-42(55(40-23-8-3-9-24-40)52-30-16-18-37-17-10-11-25-43(37)52)36-51(47)53(50(46)35-41)48-28-14-12-26-44(48)45-27-13-15-29-49(45)53/h1-6,8-21,23-36H,7,22H2. The molecule has 0 N–H and O–H groups in total. The molecule has 2 heteroatoms. The molecule has 0 saturated carbocycles. The molecule has 11 rings (SSSR count). The van der Waals surface area contributed by atoms with Crippen LogP contribution < -0.4 is 9.80 Å². The highest BCUT2D eigenvalue weighted by Gasteiger charge is 2.52. The van der Waals surface area contributed by atoms with Crippen molar-refractivity contribution in [3.05, 3.63) is 234 Å². The number of anilines is 5. The lowest BCUT2D eigenvalue weighted by Crippen LogP contribution is -2.27. The van der Waals surface area contributed by atoms with Crippen LogP contribution >= 0.6 is 0 Å². The zero-order chi connectivity index (χ0) is 36.3. The number of para-hydroxylation sites is 2. The van der Waals surface area contributed by atoms with Gasteiger partial charge in [0.2, 0.25) is 0 Å². The van der Waals surface area contributed by atoms with Gasteiger partial charge in [-0.3, -0.25) is 0 Å². The lowest BCUT2D eigenvalue weighted by molar-refractivity contribution is 0.793. The molecule has 1 spiro atoms. The highest BCUT2D eigenvalue weighted by atomic mass is 15.2. The molecule has 260 valence electrons. The van der Waals surface area contributed by atoms with Crippen molar-refractivity contribution in [1.82, 2.24) is 0 Å². The second-order valence-corrected chi connectivity index (χ2v) is 14.8. The third-order valence-corrected chi connectivity index (χ3v) is 11.9. The third-order valence-electron chi connectivity index (χ3n) is 11.9. The van der Waals surface area contributed by atoms with Crippen LogP contribution in [0.5, 0.6) is 0 Å². The van der Waals surface area contributed by atoms with Crippen LogP contribution in [0.4, 0.5) is 28.4 Å². The molecule has 0 bridgehead atoms. The van der Waals surface area contributed by atoms with Gasteiger partial charge in [-0.05, 0) is 123 Å². The molecular weight excluding hydrogens is 665 g/mol. The van der Waals surface area contributed by atoms with E-state index >= 15 is 0 Å². The van der Waals surface area contributed by atoms with Gasteiger partial charge in [0.05, 0.1) is 11.1 Å². The van der Waals surface area contributed by atoms with E-state index in [0.717, 1.165) is 29.9 Å². The predicted molar refractivity (Wildman–Crippen MR) is 230 cm³/mol. The van der Waals surface area contributed by atoms with Crippen molar-refractivity contribution in [3.8, 4) is 22.3 Å². The molecular formula is C53H38N2. The first-order valence-corrected chi connectivity index (χ1v) is 19.3. The van der Waals surface area contributed by atoms with E-state index in [0.29, 0.717) is 0 Å². The molecule has 2 nitrogen and oxygen atoms in total. The van der Waals surface area contributed by atoms with Gasteiger partial charge in [0.25, 0.3) is 0 Å². The Morgan fingerprint density at radius 3 is 1.56 bits per heavy atom. The summed E-state index contributed by atoms with van der Waals surface area (Å²) in [5, 5.41) is 2.45. The molecule has 0 aromatic heterocycles. The minimum absolute atomic E-state index is 0.506. The summed E-state index contributed by atoms with van der Waals surface area (Å²) in [6.07, 6.45) is 8.78. The summed E-state index contributed by atoms with van der Waals surface area (Å²) in [7, 11) is 0. The Hall–Kier alpha value is -6.90. The number of fused-ring (bicyclic) bond motifs is 11. The number of hydrogen-bond acceptors (Lipinski definition) is 2. The zero-order valence-corrected chi connectivity index (χ0v) is 30.4. The first-order chi connectivity index (χ1) is 27.3. The summed E-state index contributed by atoms with van der Waals surface area (Å²) in [5.41, 5.74) is 17.1. The minimum atomic E-state index is -0.506. The van der Waals surface area contributed by atoms with Crippen LogP contribution in [0.1, 0.15) is 35.1 Å². The van der Waals surface area contributed by atoms with Crippen molar-refractivity contribution in [1.29, 1.82) is 0 Å². The molecule has 0 amide bonds. The monoisotopic (exact) mass is 702 g/mol. The molecule has 0 atom stereocenters. The van der Waals surface area contributed by atoms with Crippen LogP contribution in [0.15, 0.2) is 212 Å². The lowest BCUT2D eigenvalue weighted by Gasteiger charge is -2.34. The van der Waals surface area contributed by atoms with E-state index < -0.39 is 5.41 Å². The minimum Gasteiger partial charge on any atom is -0.314 e. The van der Waals surface area contributed by atoms with Gasteiger partial charge < -0.3 is 9.80 Å². The fourth-order valence-electron chi connectivity index (χ4n) is 9.63. The SMILES string of the molecule is C1=CCCC(N(c2ccccc2)c2ccc3c(c2)C2(c4ccccc4-c4ccccc42)c2cc(N(c4ccccc4)c4cccc5ccccc45)ccc2-3)=C1. The number of nitrogens with zero attached hydrogens (tertiary/aromatic N) is 2. The summed E-state index contributed by atoms with van der Waals surface area (Å²) in [4.78, 5) is 4.91. The fourth-order valence-corrected chi connectivity index (χ4v) is 9.63. The summed E-state index contributed by atoms with van der Waals surface area (Å²) in [6, 6.07) is 69.7. The Balaban J connectivity index is 1.19. The van der Waals surface area contributed by atoms with Crippen molar-refractivity contribution >= 4 is 39.2 Å². The van der Waals surface area contributed by atoms with E-state index in [1.807, 2.05) is 0 Å². The predicted octanol–water partition coefficient (Wildman–Crippen LogP) is 14.0. The van der Waals surface area contributed by atoms with Gasteiger partial charge in [0.15, 0.2) is 0 Å². The maximum absolute atomic E-state index is 2.50. The first-order valence-electron chi connectivity index (χ1n) is 19.3. The Morgan fingerprint density at radius 2 is 0.927 bits per heavy atom. The second-order valence-electron chi connectivity index (χ2n) is 14.8. The molecule has 3 aliphatic carbocycles. The molecule has 0 fully saturated rings. The van der Waals surface area contributed by atoms with Gasteiger partial charge in [-0.1, -0.05) is 146 Å². The first kappa shape index (κ1) is 31.6. The summed E-state index contributed by atoms with van der Waals surface area (Å²) in [6.45, 7) is 0. The van der Waals surface area contributed by atoms with Crippen LogP contribution in [-0.4, -0.2) is 0 Å². The topological polar surface area (TPSA) is 6.48 Å². The van der Waals surface area contributed by atoms with E-state index in [9.17, 15) is 0 Å². The number of benzene rings is 8. The maximum atomic E-state index is 2.50. The van der Waals surface area contributed by atoms with Gasteiger partial charge >= 0.3 is 0 Å². The highest BCUT2D eigenvalue weighted by molar-refractivity contribution is 6.01. The lowest BCUT2D eigenvalue weighted by atomic mass is 9.70. The van der Waals surface area contributed by atoms with Crippen molar-refractivity contribution in [2.75, 3.05) is 9.80 Å². The Morgan fingerprint density at radius 1 is 0.400 bits per heavy atom. The van der Waals surface area contributed by atoms with Crippen LogP contribution in [-0.2, 0) is 5.41 Å². The van der Waals surface area contributed by atoms with Crippen molar-refractivity contribution in [2.24, 2.45) is 0 Å². The van der Waals surface area contributed by atoms with Crippen LogP contribution in [0.2, 0.25) is 0 Å². The highest BCUT2D eigenvalue weighted by Crippen LogP contribution is 2.64. The van der Waals surface area contributed by atoms with Gasteiger partial charge in [-0.2, -0.15) is 0 Å². The van der Waals surface area contributed by atoms with Crippen LogP contribution in [0, 0.1) is 0 Å². The van der Waals surface area contributed by atoms with E-state index in [1.165, 1.54) is 72.4 Å². The molecule has 0 saturated heterocycles. The molecule has 3 aliphatic rings.